The van der Waals surface area contributed by atoms with Gasteiger partial charge in [0.2, 0.25) is 5.91 Å². The van der Waals surface area contributed by atoms with Gasteiger partial charge in [0, 0.05) is 12.1 Å². The average Bonchev–Trinajstić information content (AvgIpc) is 2.96. The average molecular weight is 509 g/mol. The normalized spacial score (nSPS) is 11.2. The van der Waals surface area contributed by atoms with Gasteiger partial charge in [-0.15, -0.1) is 0 Å². The number of carbonyl (C=O) groups is 3. The van der Waals surface area contributed by atoms with Crippen LogP contribution in [0.4, 0.5) is 10.5 Å². The Morgan fingerprint density at radius 3 is 1.79 bits per heavy atom. The number of benzene rings is 4. The first-order chi connectivity index (χ1) is 18.6. The van der Waals surface area contributed by atoms with E-state index in [1.807, 2.05) is 91.0 Å². The first-order valence-electron chi connectivity index (χ1n) is 12.2. The van der Waals surface area contributed by atoms with Crippen LogP contribution in [0.15, 0.2) is 115 Å². The van der Waals surface area contributed by atoms with Gasteiger partial charge in [-0.2, -0.15) is 0 Å². The Balaban J connectivity index is 1.40. The Labute approximate surface area is 221 Å². The van der Waals surface area contributed by atoms with Gasteiger partial charge < -0.3 is 20.1 Å². The van der Waals surface area contributed by atoms with Gasteiger partial charge in [-0.05, 0) is 34.9 Å². The van der Waals surface area contributed by atoms with E-state index in [-0.39, 0.29) is 19.6 Å². The minimum absolute atomic E-state index is 0.0828. The van der Waals surface area contributed by atoms with Crippen LogP contribution in [0.5, 0.6) is 0 Å². The number of hydrogen-bond donors (Lipinski definition) is 2. The molecule has 7 heteroatoms. The van der Waals surface area contributed by atoms with E-state index in [0.29, 0.717) is 11.3 Å². The number of ether oxygens (including phenoxy) is 2. The highest BCUT2D eigenvalue weighted by atomic mass is 16.5. The number of carbonyl (C=O) groups excluding carboxylic acids is 3. The highest BCUT2D eigenvalue weighted by molar-refractivity contribution is 5.98. The van der Waals surface area contributed by atoms with E-state index in [4.69, 9.17) is 9.47 Å². The minimum Gasteiger partial charge on any atom is -0.457 e. The maximum Gasteiger partial charge on any atom is 0.408 e. The van der Waals surface area contributed by atoms with E-state index in [2.05, 4.69) is 10.6 Å². The van der Waals surface area contributed by atoms with E-state index in [1.54, 1.807) is 24.3 Å². The van der Waals surface area contributed by atoms with Crippen LogP contribution in [0.25, 0.3) is 0 Å². The highest BCUT2D eigenvalue weighted by Crippen LogP contribution is 2.14. The largest absolute Gasteiger partial charge is 0.457 e. The fourth-order valence-corrected chi connectivity index (χ4v) is 3.73. The van der Waals surface area contributed by atoms with Crippen molar-refractivity contribution in [3.8, 4) is 0 Å². The molecule has 0 radical (unpaired) electrons. The maximum atomic E-state index is 13.2. The minimum atomic E-state index is -0.908. The lowest BCUT2D eigenvalue weighted by Crippen LogP contribution is -2.45. The van der Waals surface area contributed by atoms with Crippen molar-refractivity contribution in [2.75, 3.05) is 5.32 Å². The predicted molar refractivity (Wildman–Crippen MR) is 144 cm³/mol. The number of nitrogens with one attached hydrogen (secondary N) is 2. The molecule has 0 bridgehead atoms. The summed E-state index contributed by atoms with van der Waals surface area (Å²) in [4.78, 5) is 38.3. The summed E-state index contributed by atoms with van der Waals surface area (Å²) in [6.07, 6.45) is -0.450. The lowest BCUT2D eigenvalue weighted by molar-refractivity contribution is -0.118. The third-order valence-electron chi connectivity index (χ3n) is 5.68. The second-order valence-electron chi connectivity index (χ2n) is 8.58. The Morgan fingerprint density at radius 1 is 0.632 bits per heavy atom. The summed E-state index contributed by atoms with van der Waals surface area (Å²) in [5.74, 6) is -0.950. The number of alkyl carbamates (subject to hydrolysis) is 1. The molecule has 0 fully saturated rings. The smallest absolute Gasteiger partial charge is 0.408 e. The van der Waals surface area contributed by atoms with Crippen LogP contribution in [0.1, 0.15) is 27.0 Å². The van der Waals surface area contributed by atoms with Gasteiger partial charge in [-0.3, -0.25) is 4.79 Å². The molecular weight excluding hydrogens is 480 g/mol. The van der Waals surface area contributed by atoms with Crippen molar-refractivity contribution in [1.29, 1.82) is 0 Å². The molecule has 2 amide bonds. The molecule has 0 heterocycles. The van der Waals surface area contributed by atoms with Crippen LogP contribution >= 0.6 is 0 Å². The molecule has 0 aliphatic heterocycles. The molecule has 1 atom stereocenters. The SMILES string of the molecule is O=C(N[C@@H](Cc1ccccc1)C(=O)Nc1cccc(C(=O)OCc2ccccc2)c1)OCc1ccccc1. The topological polar surface area (TPSA) is 93.7 Å². The van der Waals surface area contributed by atoms with Crippen LogP contribution in [-0.4, -0.2) is 24.0 Å². The summed E-state index contributed by atoms with van der Waals surface area (Å²) in [6, 6.07) is 33.6. The van der Waals surface area contributed by atoms with Gasteiger partial charge >= 0.3 is 12.1 Å². The van der Waals surface area contributed by atoms with Crippen LogP contribution in [0.2, 0.25) is 0 Å². The van der Waals surface area contributed by atoms with Gasteiger partial charge in [-0.25, -0.2) is 9.59 Å². The molecular formula is C31H28N2O5. The Morgan fingerprint density at radius 2 is 1.18 bits per heavy atom. The summed E-state index contributed by atoms with van der Waals surface area (Å²) >= 11 is 0. The standard InChI is InChI=1S/C31H28N2O5/c34-29(32-27-18-10-17-26(20-27)30(35)37-21-24-13-6-2-7-14-24)28(19-23-11-4-1-5-12-23)33-31(36)38-22-25-15-8-3-9-16-25/h1-18,20,28H,19,21-22H2,(H,32,34)(H,33,36)/t28-/m0/s1. The zero-order valence-electron chi connectivity index (χ0n) is 20.7. The van der Waals surface area contributed by atoms with Crippen LogP contribution in [0, 0.1) is 0 Å². The fourth-order valence-electron chi connectivity index (χ4n) is 3.73. The van der Waals surface area contributed by atoms with Crippen molar-refractivity contribution in [2.24, 2.45) is 0 Å². The summed E-state index contributed by atoms with van der Waals surface area (Å²) < 4.78 is 10.7. The number of amides is 2. The van der Waals surface area contributed by atoms with Crippen LogP contribution < -0.4 is 10.6 Å². The molecule has 0 saturated carbocycles. The van der Waals surface area contributed by atoms with Gasteiger partial charge in [0.05, 0.1) is 5.56 Å². The summed E-state index contributed by atoms with van der Waals surface area (Å²) in [6.45, 7) is 0.226. The summed E-state index contributed by atoms with van der Waals surface area (Å²) in [5, 5.41) is 5.46. The van der Waals surface area contributed by atoms with E-state index < -0.39 is 24.0 Å². The second kappa shape index (κ2) is 13.4. The Hall–Kier alpha value is -4.91. The van der Waals surface area contributed by atoms with E-state index >= 15 is 0 Å². The van der Waals surface area contributed by atoms with Crippen molar-refractivity contribution < 1.29 is 23.9 Å². The molecule has 4 aromatic rings. The predicted octanol–water partition coefficient (Wildman–Crippen LogP) is 5.52. The molecule has 4 rings (SSSR count). The van der Waals surface area contributed by atoms with Crippen molar-refractivity contribution in [3.63, 3.8) is 0 Å². The number of esters is 1. The van der Waals surface area contributed by atoms with Gasteiger partial charge in [0.1, 0.15) is 19.3 Å². The van der Waals surface area contributed by atoms with Crippen LogP contribution in [0.3, 0.4) is 0 Å². The molecule has 2 N–H and O–H groups in total. The third-order valence-corrected chi connectivity index (χ3v) is 5.68. The molecule has 0 aliphatic carbocycles. The Kier molecular flexibility index (Phi) is 9.23. The Bertz CT molecular complexity index is 1340. The highest BCUT2D eigenvalue weighted by Gasteiger charge is 2.23. The fraction of sp³-hybridized carbons (Fsp3) is 0.129. The first-order valence-corrected chi connectivity index (χ1v) is 12.2. The molecule has 0 aromatic heterocycles. The molecule has 38 heavy (non-hydrogen) atoms. The monoisotopic (exact) mass is 508 g/mol. The van der Waals surface area contributed by atoms with Crippen molar-refractivity contribution in [1.82, 2.24) is 5.32 Å². The maximum absolute atomic E-state index is 13.2. The lowest BCUT2D eigenvalue weighted by Gasteiger charge is -2.19. The van der Waals surface area contributed by atoms with Crippen molar-refractivity contribution in [3.05, 3.63) is 138 Å². The summed E-state index contributed by atoms with van der Waals surface area (Å²) in [7, 11) is 0. The van der Waals surface area contributed by atoms with Crippen molar-refractivity contribution >= 4 is 23.7 Å². The second-order valence-corrected chi connectivity index (χ2v) is 8.58. The number of anilines is 1. The lowest BCUT2D eigenvalue weighted by atomic mass is 10.1. The zero-order chi connectivity index (χ0) is 26.6. The first kappa shape index (κ1) is 26.2. The summed E-state index contributed by atoms with van der Waals surface area (Å²) in [5.41, 5.74) is 3.28. The number of rotatable bonds is 10. The zero-order valence-corrected chi connectivity index (χ0v) is 20.7. The van der Waals surface area contributed by atoms with Gasteiger partial charge in [0.25, 0.3) is 0 Å². The molecule has 7 nitrogen and oxygen atoms in total. The van der Waals surface area contributed by atoms with E-state index in [0.717, 1.165) is 16.7 Å². The molecule has 4 aromatic carbocycles. The van der Waals surface area contributed by atoms with Crippen molar-refractivity contribution in [2.45, 2.75) is 25.7 Å². The quantitative estimate of drug-likeness (QED) is 0.275. The van der Waals surface area contributed by atoms with Gasteiger partial charge in [0.15, 0.2) is 0 Å². The molecule has 0 aliphatic rings. The molecule has 192 valence electrons. The van der Waals surface area contributed by atoms with Gasteiger partial charge in [-0.1, -0.05) is 97.1 Å². The number of hydrogen-bond acceptors (Lipinski definition) is 5. The third kappa shape index (κ3) is 8.06. The molecule has 0 unspecified atom stereocenters. The van der Waals surface area contributed by atoms with E-state index in [9.17, 15) is 14.4 Å². The molecule has 0 saturated heterocycles. The van der Waals surface area contributed by atoms with Crippen LogP contribution in [-0.2, 0) is 33.9 Å². The van der Waals surface area contributed by atoms with E-state index in [1.165, 1.54) is 0 Å². The molecule has 0 spiro atoms.